The molecular weight excluding hydrogens is 280 g/mol. The molecule has 0 unspecified atom stereocenters. The summed E-state index contributed by atoms with van der Waals surface area (Å²) in [7, 11) is 0. The zero-order valence-electron chi connectivity index (χ0n) is 13.9. The minimum atomic E-state index is -0.482. The van der Waals surface area contributed by atoms with Crippen LogP contribution >= 0.6 is 0 Å². The van der Waals surface area contributed by atoms with Crippen molar-refractivity contribution in [2.24, 2.45) is 11.8 Å². The molecule has 0 aromatic carbocycles. The highest BCUT2D eigenvalue weighted by Crippen LogP contribution is 2.38. The second kappa shape index (κ2) is 6.71. The molecule has 2 rings (SSSR count). The van der Waals surface area contributed by atoms with Gasteiger partial charge in [0, 0.05) is 31.5 Å². The minimum absolute atomic E-state index is 0.122. The molecule has 5 nitrogen and oxygen atoms in total. The quantitative estimate of drug-likeness (QED) is 0.812. The highest BCUT2D eigenvalue weighted by Gasteiger charge is 2.44. The van der Waals surface area contributed by atoms with Crippen molar-refractivity contribution >= 4 is 12.0 Å². The summed E-state index contributed by atoms with van der Waals surface area (Å²) in [6, 6.07) is 0.122. The van der Waals surface area contributed by atoms with E-state index in [1.165, 1.54) is 0 Å². The number of likely N-dealkylation sites (tertiary alicyclic amines) is 1. The fraction of sp³-hybridized carbons (Fsp3) is 0.765. The molecule has 1 aliphatic heterocycles. The molecule has 2 aliphatic rings. The van der Waals surface area contributed by atoms with Crippen LogP contribution in [0.1, 0.15) is 46.5 Å². The first-order valence-corrected chi connectivity index (χ1v) is 8.18. The predicted molar refractivity (Wildman–Crippen MR) is 85.4 cm³/mol. The van der Waals surface area contributed by atoms with Gasteiger partial charge in [-0.2, -0.15) is 0 Å². The number of fused-ring (bicyclic) bond motifs is 1. The number of hydrogen-bond donors (Lipinski definition) is 1. The molecule has 0 bridgehead atoms. The molecular formula is C17H28N2O3. The number of alkyl carbamates (subject to hydrolysis) is 1. The van der Waals surface area contributed by atoms with Crippen molar-refractivity contribution in [3.8, 4) is 0 Å². The van der Waals surface area contributed by atoms with E-state index in [9.17, 15) is 9.59 Å². The van der Waals surface area contributed by atoms with Crippen LogP contribution in [-0.2, 0) is 9.53 Å². The van der Waals surface area contributed by atoms with Crippen LogP contribution in [0, 0.1) is 11.8 Å². The predicted octanol–water partition coefficient (Wildman–Crippen LogP) is 2.71. The summed E-state index contributed by atoms with van der Waals surface area (Å²) in [4.78, 5) is 26.0. The van der Waals surface area contributed by atoms with Crippen molar-refractivity contribution in [2.75, 3.05) is 13.1 Å². The van der Waals surface area contributed by atoms with Gasteiger partial charge in [0.1, 0.15) is 5.60 Å². The topological polar surface area (TPSA) is 58.6 Å². The van der Waals surface area contributed by atoms with Crippen LogP contribution in [0.3, 0.4) is 0 Å². The lowest BCUT2D eigenvalue weighted by Gasteiger charge is -2.25. The SMILES string of the molecule is C=CCCC(=O)N1C[C@@H]2CC[C@@H](NC(=O)OC(C)(C)C)[C@@H]2C1. The van der Waals surface area contributed by atoms with Crippen LogP contribution in [0.4, 0.5) is 4.79 Å². The van der Waals surface area contributed by atoms with Crippen LogP contribution in [0.15, 0.2) is 12.7 Å². The fourth-order valence-corrected chi connectivity index (χ4v) is 3.49. The Kier molecular flexibility index (Phi) is 5.14. The fourth-order valence-electron chi connectivity index (χ4n) is 3.49. The largest absolute Gasteiger partial charge is 0.444 e. The second-order valence-electron chi connectivity index (χ2n) is 7.38. The lowest BCUT2D eigenvalue weighted by Crippen LogP contribution is -2.42. The summed E-state index contributed by atoms with van der Waals surface area (Å²) in [5.41, 5.74) is -0.482. The summed E-state index contributed by atoms with van der Waals surface area (Å²) in [5.74, 6) is 1.07. The van der Waals surface area contributed by atoms with Gasteiger partial charge < -0.3 is 15.0 Å². The highest BCUT2D eigenvalue weighted by molar-refractivity contribution is 5.76. The van der Waals surface area contributed by atoms with Crippen LogP contribution < -0.4 is 5.32 Å². The third kappa shape index (κ3) is 4.24. The molecule has 2 fully saturated rings. The van der Waals surface area contributed by atoms with Gasteiger partial charge in [-0.1, -0.05) is 6.08 Å². The highest BCUT2D eigenvalue weighted by atomic mass is 16.6. The van der Waals surface area contributed by atoms with Crippen molar-refractivity contribution in [2.45, 2.75) is 58.1 Å². The summed E-state index contributed by atoms with van der Waals surface area (Å²) >= 11 is 0. The summed E-state index contributed by atoms with van der Waals surface area (Å²) in [6.45, 7) is 10.8. The van der Waals surface area contributed by atoms with Gasteiger partial charge in [-0.25, -0.2) is 4.79 Å². The number of hydrogen-bond acceptors (Lipinski definition) is 3. The third-order valence-corrected chi connectivity index (χ3v) is 4.47. The van der Waals surface area contributed by atoms with E-state index in [2.05, 4.69) is 11.9 Å². The Bertz CT molecular complexity index is 442. The van der Waals surface area contributed by atoms with Crippen LogP contribution in [0.5, 0.6) is 0 Å². The molecule has 0 aromatic rings. The number of carbonyl (C=O) groups is 2. The molecule has 3 atom stereocenters. The normalized spacial score (nSPS) is 27.4. The minimum Gasteiger partial charge on any atom is -0.444 e. The number of rotatable bonds is 4. The van der Waals surface area contributed by atoms with Crippen molar-refractivity contribution in [1.29, 1.82) is 0 Å². The van der Waals surface area contributed by atoms with E-state index >= 15 is 0 Å². The van der Waals surface area contributed by atoms with E-state index in [0.29, 0.717) is 18.3 Å². The van der Waals surface area contributed by atoms with Gasteiger partial charge in [0.25, 0.3) is 0 Å². The van der Waals surface area contributed by atoms with Gasteiger partial charge in [-0.3, -0.25) is 4.79 Å². The van der Waals surface area contributed by atoms with Gasteiger partial charge in [-0.05, 0) is 46.0 Å². The third-order valence-electron chi connectivity index (χ3n) is 4.47. The molecule has 0 radical (unpaired) electrons. The van der Waals surface area contributed by atoms with Gasteiger partial charge in [0.2, 0.25) is 5.91 Å². The van der Waals surface area contributed by atoms with Gasteiger partial charge >= 0.3 is 6.09 Å². The zero-order valence-corrected chi connectivity index (χ0v) is 13.9. The lowest BCUT2D eigenvalue weighted by molar-refractivity contribution is -0.130. The monoisotopic (exact) mass is 308 g/mol. The van der Waals surface area contributed by atoms with Gasteiger partial charge in [0.15, 0.2) is 0 Å². The Labute approximate surface area is 133 Å². The lowest BCUT2D eigenvalue weighted by atomic mass is 9.98. The average Bonchev–Trinajstić information content (AvgIpc) is 2.96. The van der Waals surface area contributed by atoms with Gasteiger partial charge in [0.05, 0.1) is 0 Å². The van der Waals surface area contributed by atoms with E-state index in [1.54, 1.807) is 6.08 Å². The van der Waals surface area contributed by atoms with E-state index < -0.39 is 5.60 Å². The second-order valence-corrected chi connectivity index (χ2v) is 7.38. The van der Waals surface area contributed by atoms with Crippen LogP contribution in [0.2, 0.25) is 0 Å². The number of nitrogens with one attached hydrogen (secondary N) is 1. The first-order chi connectivity index (χ1) is 10.3. The number of nitrogens with zero attached hydrogens (tertiary/aromatic N) is 1. The maximum absolute atomic E-state index is 12.1. The Morgan fingerprint density at radius 1 is 1.32 bits per heavy atom. The molecule has 124 valence electrons. The molecule has 1 saturated heterocycles. The maximum Gasteiger partial charge on any atom is 0.407 e. The summed E-state index contributed by atoms with van der Waals surface area (Å²) < 4.78 is 5.33. The maximum atomic E-state index is 12.1. The van der Waals surface area contributed by atoms with Crippen molar-refractivity contribution in [3.63, 3.8) is 0 Å². The van der Waals surface area contributed by atoms with Crippen molar-refractivity contribution < 1.29 is 14.3 Å². The Hall–Kier alpha value is -1.52. The molecule has 1 heterocycles. The first-order valence-electron chi connectivity index (χ1n) is 8.18. The molecule has 1 aliphatic carbocycles. The van der Waals surface area contributed by atoms with Crippen molar-refractivity contribution in [1.82, 2.24) is 10.2 Å². The Morgan fingerprint density at radius 2 is 2.05 bits per heavy atom. The number of allylic oxidation sites excluding steroid dienone is 1. The summed E-state index contributed by atoms with van der Waals surface area (Å²) in [6.07, 6.45) is 4.73. The van der Waals surface area contributed by atoms with Crippen LogP contribution in [0.25, 0.3) is 0 Å². The van der Waals surface area contributed by atoms with Crippen LogP contribution in [-0.4, -0.2) is 41.6 Å². The van der Waals surface area contributed by atoms with E-state index in [-0.39, 0.29) is 18.0 Å². The zero-order chi connectivity index (χ0) is 16.3. The molecule has 22 heavy (non-hydrogen) atoms. The van der Waals surface area contributed by atoms with Gasteiger partial charge in [-0.15, -0.1) is 6.58 Å². The molecule has 1 saturated carbocycles. The number of amides is 2. The number of carbonyl (C=O) groups excluding carboxylic acids is 2. The Balaban J connectivity index is 1.86. The molecule has 1 N–H and O–H groups in total. The first kappa shape index (κ1) is 16.8. The van der Waals surface area contributed by atoms with E-state index in [1.807, 2.05) is 25.7 Å². The van der Waals surface area contributed by atoms with E-state index in [0.717, 1.165) is 32.4 Å². The molecule has 0 aromatic heterocycles. The number of ether oxygens (including phenoxy) is 1. The smallest absolute Gasteiger partial charge is 0.407 e. The molecule has 0 spiro atoms. The van der Waals surface area contributed by atoms with E-state index in [4.69, 9.17) is 4.74 Å². The summed E-state index contributed by atoms with van der Waals surface area (Å²) in [5, 5.41) is 2.99. The Morgan fingerprint density at radius 3 is 2.68 bits per heavy atom. The van der Waals surface area contributed by atoms with Crippen molar-refractivity contribution in [3.05, 3.63) is 12.7 Å². The standard InChI is InChI=1S/C17H28N2O3/c1-5-6-7-15(20)19-10-12-8-9-14(13(12)11-19)18-16(21)22-17(2,3)4/h5,12-14H,1,6-11H2,2-4H3,(H,18,21)/t12-,13+,14+/m0/s1. The molecule has 5 heteroatoms. The molecule has 2 amide bonds. The average molecular weight is 308 g/mol.